The van der Waals surface area contributed by atoms with E-state index < -0.39 is 0 Å². The largest absolute Gasteiger partial charge is 0.306 e. The molecule has 1 saturated heterocycles. The molecule has 0 bridgehead atoms. The molecule has 2 aromatic rings. The minimum Gasteiger partial charge on any atom is -0.306 e. The summed E-state index contributed by atoms with van der Waals surface area (Å²) >= 11 is 3.44. The number of hydrogen-bond acceptors (Lipinski definition) is 3. The van der Waals surface area contributed by atoms with Crippen molar-refractivity contribution in [3.63, 3.8) is 0 Å². The molecule has 1 aliphatic heterocycles. The molecule has 0 radical (unpaired) electrons. The normalized spacial score (nSPS) is 18.9. The summed E-state index contributed by atoms with van der Waals surface area (Å²) in [7, 11) is 2.17. The second kappa shape index (κ2) is 4.38. The van der Waals surface area contributed by atoms with E-state index in [-0.39, 0.29) is 0 Å². The van der Waals surface area contributed by atoms with Gasteiger partial charge in [-0.2, -0.15) is 5.10 Å². The van der Waals surface area contributed by atoms with Gasteiger partial charge in [0.2, 0.25) is 0 Å². The summed E-state index contributed by atoms with van der Waals surface area (Å²) in [6.07, 6.45) is 6.07. The maximum Gasteiger partial charge on any atom is 0.158 e. The fourth-order valence-corrected chi connectivity index (χ4v) is 2.77. The smallest absolute Gasteiger partial charge is 0.158 e. The third-order valence-corrected chi connectivity index (χ3v) is 3.87. The van der Waals surface area contributed by atoms with Crippen molar-refractivity contribution >= 4 is 27.0 Å². The van der Waals surface area contributed by atoms with Gasteiger partial charge in [-0.1, -0.05) is 0 Å². The molecule has 3 heterocycles. The summed E-state index contributed by atoms with van der Waals surface area (Å²) in [6.45, 7) is 2.28. The standard InChI is InChI=1S/C12H15BrN4/c1-16-4-2-11(3-5-16)17-12-9(7-15-17)6-10(13)8-14-12/h6-8,11H,2-5H2,1H3. The van der Waals surface area contributed by atoms with E-state index in [2.05, 4.69) is 48.7 Å². The second-order valence-electron chi connectivity index (χ2n) is 4.69. The molecule has 1 fully saturated rings. The van der Waals surface area contributed by atoms with Gasteiger partial charge in [-0.25, -0.2) is 9.67 Å². The molecule has 0 aromatic carbocycles. The summed E-state index contributed by atoms with van der Waals surface area (Å²) in [5.41, 5.74) is 1.00. The average Bonchev–Trinajstić information content (AvgIpc) is 2.73. The molecule has 0 saturated carbocycles. The first kappa shape index (κ1) is 11.2. The Morgan fingerprint density at radius 3 is 2.82 bits per heavy atom. The molecule has 2 aromatic heterocycles. The number of aromatic nitrogens is 3. The molecule has 0 unspecified atom stereocenters. The van der Waals surface area contributed by atoms with Gasteiger partial charge < -0.3 is 4.90 Å². The van der Waals surface area contributed by atoms with Gasteiger partial charge in [-0.15, -0.1) is 0 Å². The van der Waals surface area contributed by atoms with Gasteiger partial charge in [0.05, 0.1) is 12.2 Å². The molecule has 0 amide bonds. The van der Waals surface area contributed by atoms with Crippen LogP contribution in [0.5, 0.6) is 0 Å². The zero-order valence-electron chi connectivity index (χ0n) is 9.80. The Bertz CT molecular complexity index is 528. The molecule has 17 heavy (non-hydrogen) atoms. The van der Waals surface area contributed by atoms with Gasteiger partial charge in [0.1, 0.15) is 0 Å². The molecular weight excluding hydrogens is 280 g/mol. The van der Waals surface area contributed by atoms with Gasteiger partial charge in [-0.05, 0) is 55.0 Å². The number of rotatable bonds is 1. The summed E-state index contributed by atoms with van der Waals surface area (Å²) in [5.74, 6) is 0. The second-order valence-corrected chi connectivity index (χ2v) is 5.61. The highest BCUT2D eigenvalue weighted by molar-refractivity contribution is 9.10. The van der Waals surface area contributed by atoms with Crippen molar-refractivity contribution in [2.75, 3.05) is 20.1 Å². The number of nitrogens with zero attached hydrogens (tertiary/aromatic N) is 4. The van der Waals surface area contributed by atoms with Crippen molar-refractivity contribution in [2.24, 2.45) is 0 Å². The Kier molecular flexibility index (Phi) is 2.88. The number of halogens is 1. The summed E-state index contributed by atoms with van der Waals surface area (Å²) in [5, 5.41) is 5.61. The summed E-state index contributed by atoms with van der Waals surface area (Å²) < 4.78 is 3.10. The van der Waals surface area contributed by atoms with Gasteiger partial charge in [0.15, 0.2) is 5.65 Å². The fourth-order valence-electron chi connectivity index (χ4n) is 2.42. The van der Waals surface area contributed by atoms with Crippen LogP contribution in [-0.2, 0) is 0 Å². The van der Waals surface area contributed by atoms with Crippen molar-refractivity contribution < 1.29 is 0 Å². The van der Waals surface area contributed by atoms with Gasteiger partial charge >= 0.3 is 0 Å². The molecule has 4 nitrogen and oxygen atoms in total. The Labute approximate surface area is 109 Å². The van der Waals surface area contributed by atoms with Crippen LogP contribution in [0.25, 0.3) is 11.0 Å². The fraction of sp³-hybridized carbons (Fsp3) is 0.500. The third kappa shape index (κ3) is 2.09. The van der Waals surface area contributed by atoms with Crippen molar-refractivity contribution in [1.29, 1.82) is 0 Å². The Balaban J connectivity index is 1.95. The van der Waals surface area contributed by atoms with E-state index in [1.165, 1.54) is 0 Å². The molecule has 90 valence electrons. The van der Waals surface area contributed by atoms with E-state index in [0.717, 1.165) is 41.4 Å². The highest BCUT2D eigenvalue weighted by atomic mass is 79.9. The van der Waals surface area contributed by atoms with Gasteiger partial charge in [-0.3, -0.25) is 0 Å². The number of hydrogen-bond donors (Lipinski definition) is 0. The van der Waals surface area contributed by atoms with Crippen LogP contribution in [0, 0.1) is 0 Å². The molecule has 5 heteroatoms. The average molecular weight is 295 g/mol. The zero-order valence-corrected chi connectivity index (χ0v) is 11.4. The lowest BCUT2D eigenvalue weighted by molar-refractivity contribution is 0.215. The predicted molar refractivity (Wildman–Crippen MR) is 71.0 cm³/mol. The van der Waals surface area contributed by atoms with E-state index >= 15 is 0 Å². The van der Waals surface area contributed by atoms with Crippen LogP contribution in [0.3, 0.4) is 0 Å². The molecular formula is C12H15BrN4. The molecule has 1 aliphatic rings. The van der Waals surface area contributed by atoms with E-state index in [0.29, 0.717) is 6.04 Å². The first-order valence-electron chi connectivity index (χ1n) is 5.91. The molecule has 0 aliphatic carbocycles. The van der Waals surface area contributed by atoms with E-state index in [9.17, 15) is 0 Å². The maximum absolute atomic E-state index is 4.50. The number of pyridine rings is 1. The minimum atomic E-state index is 0.498. The topological polar surface area (TPSA) is 34.0 Å². The first-order chi connectivity index (χ1) is 8.24. The lowest BCUT2D eigenvalue weighted by Gasteiger charge is -2.29. The Morgan fingerprint density at radius 1 is 1.29 bits per heavy atom. The predicted octanol–water partition coefficient (Wildman–Crippen LogP) is 2.46. The van der Waals surface area contributed by atoms with Crippen molar-refractivity contribution in [3.8, 4) is 0 Å². The van der Waals surface area contributed by atoms with Crippen molar-refractivity contribution in [1.82, 2.24) is 19.7 Å². The zero-order chi connectivity index (χ0) is 11.8. The maximum atomic E-state index is 4.50. The van der Waals surface area contributed by atoms with E-state index in [4.69, 9.17) is 0 Å². The van der Waals surface area contributed by atoms with Crippen LogP contribution in [0.15, 0.2) is 22.9 Å². The van der Waals surface area contributed by atoms with Gasteiger partial charge in [0, 0.05) is 16.1 Å². The Morgan fingerprint density at radius 2 is 2.06 bits per heavy atom. The number of piperidine rings is 1. The van der Waals surface area contributed by atoms with E-state index in [1.54, 1.807) is 0 Å². The van der Waals surface area contributed by atoms with Crippen molar-refractivity contribution in [3.05, 3.63) is 22.9 Å². The third-order valence-electron chi connectivity index (χ3n) is 3.43. The first-order valence-corrected chi connectivity index (χ1v) is 6.70. The van der Waals surface area contributed by atoms with E-state index in [1.807, 2.05) is 12.4 Å². The Hall–Kier alpha value is -0.940. The van der Waals surface area contributed by atoms with Crippen LogP contribution in [0.4, 0.5) is 0 Å². The van der Waals surface area contributed by atoms with Crippen LogP contribution >= 0.6 is 15.9 Å². The molecule has 0 spiro atoms. The monoisotopic (exact) mass is 294 g/mol. The number of likely N-dealkylation sites (tertiary alicyclic amines) is 1. The lowest BCUT2D eigenvalue weighted by atomic mass is 10.1. The highest BCUT2D eigenvalue weighted by Crippen LogP contribution is 2.25. The highest BCUT2D eigenvalue weighted by Gasteiger charge is 2.20. The summed E-state index contributed by atoms with van der Waals surface area (Å²) in [6, 6.07) is 2.57. The van der Waals surface area contributed by atoms with Crippen molar-refractivity contribution in [2.45, 2.75) is 18.9 Å². The molecule has 0 atom stereocenters. The van der Waals surface area contributed by atoms with Crippen LogP contribution < -0.4 is 0 Å². The molecule has 0 N–H and O–H groups in total. The molecule has 3 rings (SSSR count). The van der Waals surface area contributed by atoms with Crippen LogP contribution in [0.1, 0.15) is 18.9 Å². The van der Waals surface area contributed by atoms with Crippen LogP contribution in [-0.4, -0.2) is 39.8 Å². The summed E-state index contributed by atoms with van der Waals surface area (Å²) in [4.78, 5) is 6.84. The SMILES string of the molecule is CN1CCC(n2ncc3cc(Br)cnc32)CC1. The lowest BCUT2D eigenvalue weighted by Crippen LogP contribution is -2.31. The quantitative estimate of drug-likeness (QED) is 0.810. The number of fused-ring (bicyclic) bond motifs is 1. The van der Waals surface area contributed by atoms with Crippen LogP contribution in [0.2, 0.25) is 0 Å². The minimum absolute atomic E-state index is 0.498. The van der Waals surface area contributed by atoms with Gasteiger partial charge in [0.25, 0.3) is 0 Å².